The van der Waals surface area contributed by atoms with E-state index in [0.717, 1.165) is 31.7 Å². The van der Waals surface area contributed by atoms with E-state index in [9.17, 15) is 4.79 Å². The van der Waals surface area contributed by atoms with Gasteiger partial charge in [-0.1, -0.05) is 6.07 Å². The molecule has 4 nitrogen and oxygen atoms in total. The lowest BCUT2D eigenvalue weighted by Gasteiger charge is -2.55. The zero-order valence-corrected chi connectivity index (χ0v) is 12.4. The predicted octanol–water partition coefficient (Wildman–Crippen LogP) is 2.48. The maximum atomic E-state index is 12.8. The highest BCUT2D eigenvalue weighted by Gasteiger charge is 2.61. The summed E-state index contributed by atoms with van der Waals surface area (Å²) in [6.07, 6.45) is 4.70. The standard InChI is InChI=1S/C17H21NO3/c1-20-14-5-2-4-13(10-14)16(19)18-11-17(8-3-9-21-17)15(18)12-6-7-12/h2,4-5,10,12,15H,3,6-9,11H2,1H3/t15-,17-/m1/s1. The number of nitrogens with zero attached hydrogens (tertiary/aromatic N) is 1. The van der Waals surface area contributed by atoms with Gasteiger partial charge in [0.1, 0.15) is 11.4 Å². The monoisotopic (exact) mass is 287 g/mol. The molecule has 0 radical (unpaired) electrons. The molecule has 3 aliphatic rings. The average Bonchev–Trinajstić information content (AvgIpc) is 3.18. The normalized spacial score (nSPS) is 31.3. The summed E-state index contributed by atoms with van der Waals surface area (Å²) in [5, 5.41) is 0. The number of methoxy groups -OCH3 is 1. The maximum absolute atomic E-state index is 12.8. The van der Waals surface area contributed by atoms with Crippen LogP contribution in [0.2, 0.25) is 0 Å². The molecule has 4 heteroatoms. The lowest BCUT2D eigenvalue weighted by atomic mass is 9.77. The second-order valence-corrected chi connectivity index (χ2v) is 6.46. The van der Waals surface area contributed by atoms with E-state index in [0.29, 0.717) is 17.5 Å². The fraction of sp³-hybridized carbons (Fsp3) is 0.588. The van der Waals surface area contributed by atoms with Crippen LogP contribution in [0.3, 0.4) is 0 Å². The van der Waals surface area contributed by atoms with Gasteiger partial charge >= 0.3 is 0 Å². The van der Waals surface area contributed by atoms with E-state index >= 15 is 0 Å². The van der Waals surface area contributed by atoms with Crippen LogP contribution < -0.4 is 4.74 Å². The van der Waals surface area contributed by atoms with Crippen molar-refractivity contribution >= 4 is 5.91 Å². The number of carbonyl (C=O) groups excluding carboxylic acids is 1. The van der Waals surface area contributed by atoms with Gasteiger partial charge in [-0.2, -0.15) is 0 Å². The molecule has 4 rings (SSSR count). The molecule has 21 heavy (non-hydrogen) atoms. The van der Waals surface area contributed by atoms with Crippen molar-refractivity contribution in [2.75, 3.05) is 20.3 Å². The number of hydrogen-bond acceptors (Lipinski definition) is 3. The highest BCUT2D eigenvalue weighted by Crippen LogP contribution is 2.51. The minimum Gasteiger partial charge on any atom is -0.497 e. The Kier molecular flexibility index (Phi) is 2.96. The fourth-order valence-electron chi connectivity index (χ4n) is 3.94. The quantitative estimate of drug-likeness (QED) is 0.857. The maximum Gasteiger partial charge on any atom is 0.254 e. The molecule has 0 aromatic heterocycles. The van der Waals surface area contributed by atoms with Crippen molar-refractivity contribution < 1.29 is 14.3 Å². The predicted molar refractivity (Wildman–Crippen MR) is 78.5 cm³/mol. The lowest BCUT2D eigenvalue weighted by Crippen LogP contribution is -2.71. The van der Waals surface area contributed by atoms with Gasteiger partial charge < -0.3 is 14.4 Å². The highest BCUT2D eigenvalue weighted by molar-refractivity contribution is 5.95. The summed E-state index contributed by atoms with van der Waals surface area (Å²) in [7, 11) is 1.63. The minimum absolute atomic E-state index is 0.0321. The molecule has 2 atom stereocenters. The number of amides is 1. The van der Waals surface area contributed by atoms with Crippen LogP contribution in [0.4, 0.5) is 0 Å². The van der Waals surface area contributed by atoms with E-state index in [4.69, 9.17) is 9.47 Å². The third-order valence-electron chi connectivity index (χ3n) is 5.09. The molecule has 2 saturated heterocycles. The molecule has 1 saturated carbocycles. The number of likely N-dealkylation sites (tertiary alicyclic amines) is 1. The topological polar surface area (TPSA) is 38.8 Å². The van der Waals surface area contributed by atoms with E-state index in [1.165, 1.54) is 12.8 Å². The van der Waals surface area contributed by atoms with Gasteiger partial charge in [0.2, 0.25) is 0 Å². The first kappa shape index (κ1) is 13.1. The van der Waals surface area contributed by atoms with Crippen LogP contribution in [-0.4, -0.2) is 42.7 Å². The molecular formula is C17H21NO3. The molecule has 1 spiro atoms. The molecule has 0 bridgehead atoms. The molecule has 2 aliphatic heterocycles. The van der Waals surface area contributed by atoms with Crippen molar-refractivity contribution in [3.63, 3.8) is 0 Å². The Morgan fingerprint density at radius 3 is 2.95 bits per heavy atom. The van der Waals surface area contributed by atoms with Gasteiger partial charge in [0, 0.05) is 12.2 Å². The second-order valence-electron chi connectivity index (χ2n) is 6.46. The molecule has 2 heterocycles. The van der Waals surface area contributed by atoms with Crippen molar-refractivity contribution in [1.29, 1.82) is 0 Å². The van der Waals surface area contributed by atoms with Gasteiger partial charge in [0.05, 0.1) is 19.7 Å². The summed E-state index contributed by atoms with van der Waals surface area (Å²) >= 11 is 0. The summed E-state index contributed by atoms with van der Waals surface area (Å²) in [5.74, 6) is 1.49. The van der Waals surface area contributed by atoms with Crippen LogP contribution in [0.1, 0.15) is 36.0 Å². The smallest absolute Gasteiger partial charge is 0.254 e. The first-order chi connectivity index (χ1) is 10.2. The molecule has 0 N–H and O–H groups in total. The highest BCUT2D eigenvalue weighted by atomic mass is 16.5. The van der Waals surface area contributed by atoms with E-state index in [1.54, 1.807) is 7.11 Å². The number of hydrogen-bond donors (Lipinski definition) is 0. The van der Waals surface area contributed by atoms with Crippen LogP contribution in [-0.2, 0) is 4.74 Å². The number of ether oxygens (including phenoxy) is 2. The lowest BCUT2D eigenvalue weighted by molar-refractivity contribution is -0.149. The summed E-state index contributed by atoms with van der Waals surface area (Å²) in [6, 6.07) is 7.73. The molecule has 1 aromatic carbocycles. The van der Waals surface area contributed by atoms with Crippen molar-refractivity contribution in [2.24, 2.45) is 5.92 Å². The molecule has 1 aromatic rings. The van der Waals surface area contributed by atoms with Crippen LogP contribution >= 0.6 is 0 Å². The molecule has 1 aliphatic carbocycles. The molecule has 112 valence electrons. The van der Waals surface area contributed by atoms with Gasteiger partial charge in [0.25, 0.3) is 5.91 Å². The zero-order chi connectivity index (χ0) is 14.4. The SMILES string of the molecule is COc1cccc(C(=O)N2C[C@]3(CCCO3)[C@H]2C2CC2)c1. The Labute approximate surface area is 125 Å². The largest absolute Gasteiger partial charge is 0.497 e. The molecule has 1 amide bonds. The van der Waals surface area contributed by atoms with Gasteiger partial charge in [-0.05, 0) is 49.8 Å². The Morgan fingerprint density at radius 1 is 1.43 bits per heavy atom. The van der Waals surface area contributed by atoms with Crippen LogP contribution in [0.5, 0.6) is 5.75 Å². The first-order valence-corrected chi connectivity index (χ1v) is 7.82. The molecule has 0 unspecified atom stereocenters. The third kappa shape index (κ3) is 2.04. The fourth-order valence-corrected chi connectivity index (χ4v) is 3.94. The summed E-state index contributed by atoms with van der Waals surface area (Å²) < 4.78 is 11.3. The Bertz CT molecular complexity index is 561. The van der Waals surface area contributed by atoms with Gasteiger partial charge in [-0.25, -0.2) is 0 Å². The Morgan fingerprint density at radius 2 is 2.29 bits per heavy atom. The minimum atomic E-state index is -0.0321. The number of carbonyl (C=O) groups is 1. The van der Waals surface area contributed by atoms with Gasteiger partial charge in [-0.15, -0.1) is 0 Å². The van der Waals surface area contributed by atoms with Crippen LogP contribution in [0, 0.1) is 5.92 Å². The van der Waals surface area contributed by atoms with Crippen molar-refractivity contribution in [2.45, 2.75) is 37.3 Å². The van der Waals surface area contributed by atoms with Gasteiger partial charge in [0.15, 0.2) is 0 Å². The van der Waals surface area contributed by atoms with E-state index in [1.807, 2.05) is 29.2 Å². The van der Waals surface area contributed by atoms with E-state index in [-0.39, 0.29) is 11.5 Å². The van der Waals surface area contributed by atoms with Crippen LogP contribution in [0.25, 0.3) is 0 Å². The summed E-state index contributed by atoms with van der Waals surface area (Å²) in [4.78, 5) is 14.8. The molecule has 3 fully saturated rings. The summed E-state index contributed by atoms with van der Waals surface area (Å²) in [5.41, 5.74) is 0.684. The Balaban J connectivity index is 1.57. The average molecular weight is 287 g/mol. The van der Waals surface area contributed by atoms with E-state index < -0.39 is 0 Å². The van der Waals surface area contributed by atoms with E-state index in [2.05, 4.69) is 0 Å². The summed E-state index contributed by atoms with van der Waals surface area (Å²) in [6.45, 7) is 1.61. The number of benzene rings is 1. The van der Waals surface area contributed by atoms with Crippen molar-refractivity contribution in [1.82, 2.24) is 4.90 Å². The zero-order valence-electron chi connectivity index (χ0n) is 12.4. The molecular weight excluding hydrogens is 266 g/mol. The Hall–Kier alpha value is -1.55. The van der Waals surface area contributed by atoms with Crippen LogP contribution in [0.15, 0.2) is 24.3 Å². The first-order valence-electron chi connectivity index (χ1n) is 7.82. The van der Waals surface area contributed by atoms with Gasteiger partial charge in [-0.3, -0.25) is 4.79 Å². The number of rotatable bonds is 3. The van der Waals surface area contributed by atoms with Crippen molar-refractivity contribution in [3.8, 4) is 5.75 Å². The third-order valence-corrected chi connectivity index (χ3v) is 5.09. The van der Waals surface area contributed by atoms with Crippen molar-refractivity contribution in [3.05, 3.63) is 29.8 Å². The second kappa shape index (κ2) is 4.73.